The Balaban J connectivity index is 2.05. The molecule has 0 aliphatic heterocycles. The Morgan fingerprint density at radius 1 is 0.911 bits per heavy atom. The second-order valence-corrected chi connectivity index (χ2v) is 13.7. The zero-order valence-corrected chi connectivity index (χ0v) is 28.9. The van der Waals surface area contributed by atoms with Crippen LogP contribution < -0.4 is 10.6 Å². The van der Waals surface area contributed by atoms with Gasteiger partial charge in [-0.25, -0.2) is 4.79 Å². The third-order valence-electron chi connectivity index (χ3n) is 7.68. The van der Waals surface area contributed by atoms with Gasteiger partial charge in [-0.05, 0) is 93.5 Å². The fraction of sp³-hybridized carbons (Fsp3) is 0.486. The Labute approximate surface area is 273 Å². The molecule has 3 aromatic carbocycles. The number of thioether (sulfide) groups is 1. The number of alkyl carbamates (subject to hydrolysis) is 1. The lowest BCUT2D eigenvalue weighted by atomic mass is 9.95. The number of hydrogen-bond donors (Lipinski definition) is 2. The summed E-state index contributed by atoms with van der Waals surface area (Å²) in [6.45, 7) is 11.9. The minimum atomic E-state index is -0.895. The lowest BCUT2D eigenvalue weighted by molar-refractivity contribution is -0.141. The number of ether oxygens (including phenoxy) is 1. The van der Waals surface area contributed by atoms with Gasteiger partial charge in [0.25, 0.3) is 5.91 Å². The van der Waals surface area contributed by atoms with Gasteiger partial charge in [-0.1, -0.05) is 86.7 Å². The summed E-state index contributed by atoms with van der Waals surface area (Å²) in [6.07, 6.45) is 6.71. The van der Waals surface area contributed by atoms with Crippen LogP contribution >= 0.6 is 11.8 Å². The Morgan fingerprint density at radius 2 is 1.62 bits per heavy atom. The number of carbonyl (C=O) groups excluding carboxylic acids is 3. The summed E-state index contributed by atoms with van der Waals surface area (Å²) < 4.78 is 5.54. The maximum atomic E-state index is 14.6. The summed E-state index contributed by atoms with van der Waals surface area (Å²) in [5, 5.41) is 8.06. The summed E-state index contributed by atoms with van der Waals surface area (Å²) >= 11 is 1.60. The maximum Gasteiger partial charge on any atom is 0.408 e. The average Bonchev–Trinajstić information content (AvgIpc) is 2.98. The molecule has 3 aromatic rings. The first-order chi connectivity index (χ1) is 21.4. The van der Waals surface area contributed by atoms with Gasteiger partial charge in [0.05, 0.1) is 0 Å². The first-order valence-electron chi connectivity index (χ1n) is 16.1. The highest BCUT2D eigenvalue weighted by Crippen LogP contribution is 2.29. The molecule has 2 atom stereocenters. The quantitative estimate of drug-likeness (QED) is 0.164. The highest BCUT2D eigenvalue weighted by atomic mass is 32.2. The summed E-state index contributed by atoms with van der Waals surface area (Å²) in [7, 11) is 0. The number of fused-ring (bicyclic) bond motifs is 1. The fourth-order valence-electron chi connectivity index (χ4n) is 5.46. The van der Waals surface area contributed by atoms with Crippen molar-refractivity contribution in [3.05, 3.63) is 77.4 Å². The van der Waals surface area contributed by atoms with Crippen LogP contribution in [0.1, 0.15) is 89.0 Å². The number of nitrogens with zero attached hydrogens (tertiary/aromatic N) is 1. The number of benzene rings is 3. The molecule has 2 N–H and O–H groups in total. The molecular formula is C37H51N3O4S. The molecule has 2 unspecified atom stereocenters. The number of hydrogen-bond acceptors (Lipinski definition) is 5. The number of rotatable bonds is 15. The highest BCUT2D eigenvalue weighted by molar-refractivity contribution is 7.98. The summed E-state index contributed by atoms with van der Waals surface area (Å²) in [4.78, 5) is 43.6. The van der Waals surface area contributed by atoms with Gasteiger partial charge in [-0.15, -0.1) is 0 Å². The first kappa shape index (κ1) is 36.0. The summed E-state index contributed by atoms with van der Waals surface area (Å²) in [5.41, 5.74) is 2.72. The molecule has 0 saturated carbocycles. The normalized spacial score (nSPS) is 12.8. The lowest BCUT2D eigenvalue weighted by Gasteiger charge is -2.35. The predicted octanol–water partition coefficient (Wildman–Crippen LogP) is 8.58. The topological polar surface area (TPSA) is 87.7 Å². The number of carbonyl (C=O) groups is 3. The Bertz CT molecular complexity index is 1430. The number of unbranched alkanes of at least 4 members (excludes halogenated alkanes) is 4. The van der Waals surface area contributed by atoms with Crippen LogP contribution in [0, 0.1) is 13.8 Å². The van der Waals surface area contributed by atoms with E-state index in [1.165, 1.54) is 0 Å². The molecule has 7 nitrogen and oxygen atoms in total. The van der Waals surface area contributed by atoms with Crippen molar-refractivity contribution < 1.29 is 19.1 Å². The van der Waals surface area contributed by atoms with Crippen LogP contribution in [0.4, 0.5) is 10.5 Å². The van der Waals surface area contributed by atoms with Crippen LogP contribution in [0.2, 0.25) is 0 Å². The fourth-order valence-corrected chi connectivity index (χ4v) is 5.93. The zero-order chi connectivity index (χ0) is 33.0. The first-order valence-corrected chi connectivity index (χ1v) is 17.5. The van der Waals surface area contributed by atoms with E-state index in [4.69, 9.17) is 4.74 Å². The second kappa shape index (κ2) is 17.2. The molecule has 3 amide bonds. The monoisotopic (exact) mass is 633 g/mol. The van der Waals surface area contributed by atoms with Crippen LogP contribution in [-0.2, 0) is 14.3 Å². The standard InChI is InChI=1S/C37H51N3O4S/c1-8-9-10-11-14-22-40(35(42)32(21-23-45-7)39-36(43)44-37(4,5)6)33(31-20-17-26(2)24-27(31)3)34(41)38-30-19-18-28-15-12-13-16-29(28)25-30/h12-13,15-20,24-25,32-33H,8-11,14,21-23H2,1-7H3,(H,38,41)(H,39,43). The van der Waals surface area contributed by atoms with Crippen molar-refractivity contribution in [3.63, 3.8) is 0 Å². The minimum Gasteiger partial charge on any atom is -0.444 e. The molecule has 3 rings (SSSR count). The number of amides is 3. The van der Waals surface area contributed by atoms with Crippen molar-refractivity contribution in [2.45, 2.75) is 97.8 Å². The number of nitrogens with one attached hydrogen (secondary N) is 2. The molecule has 0 aliphatic rings. The van der Waals surface area contributed by atoms with E-state index in [9.17, 15) is 14.4 Å². The molecule has 244 valence electrons. The van der Waals surface area contributed by atoms with Gasteiger partial charge < -0.3 is 20.3 Å². The summed E-state index contributed by atoms with van der Waals surface area (Å²) in [6, 6.07) is 18.1. The van der Waals surface area contributed by atoms with Crippen LogP contribution in [-0.4, -0.2) is 53.0 Å². The van der Waals surface area contributed by atoms with E-state index in [0.29, 0.717) is 24.4 Å². The van der Waals surface area contributed by atoms with Gasteiger partial charge in [0.2, 0.25) is 5.91 Å². The Hall–Kier alpha value is -3.52. The van der Waals surface area contributed by atoms with Crippen LogP contribution in [0.25, 0.3) is 10.8 Å². The molecule has 0 heterocycles. The molecule has 0 radical (unpaired) electrons. The molecule has 0 fully saturated rings. The molecule has 0 spiro atoms. The molecule has 0 bridgehead atoms. The van der Waals surface area contributed by atoms with Crippen molar-refractivity contribution in [1.29, 1.82) is 0 Å². The van der Waals surface area contributed by atoms with E-state index < -0.39 is 23.8 Å². The minimum absolute atomic E-state index is 0.288. The molecule has 0 aliphatic carbocycles. The largest absolute Gasteiger partial charge is 0.444 e. The van der Waals surface area contributed by atoms with Gasteiger partial charge in [0, 0.05) is 12.2 Å². The van der Waals surface area contributed by atoms with E-state index in [2.05, 4.69) is 17.6 Å². The average molecular weight is 634 g/mol. The van der Waals surface area contributed by atoms with Gasteiger partial charge >= 0.3 is 6.09 Å². The molecule has 8 heteroatoms. The maximum absolute atomic E-state index is 14.6. The van der Waals surface area contributed by atoms with Crippen molar-refractivity contribution in [2.75, 3.05) is 23.9 Å². The number of aryl methyl sites for hydroxylation is 2. The Morgan fingerprint density at radius 3 is 2.29 bits per heavy atom. The van der Waals surface area contributed by atoms with E-state index in [1.807, 2.05) is 80.8 Å². The molecular weight excluding hydrogens is 582 g/mol. The van der Waals surface area contributed by atoms with Crippen LogP contribution in [0.15, 0.2) is 60.7 Å². The molecule has 0 aromatic heterocycles. The van der Waals surface area contributed by atoms with Crippen molar-refractivity contribution in [2.24, 2.45) is 0 Å². The van der Waals surface area contributed by atoms with Crippen LogP contribution in [0.5, 0.6) is 0 Å². The third kappa shape index (κ3) is 11.1. The summed E-state index contributed by atoms with van der Waals surface area (Å²) in [5.74, 6) is 0.0812. The van der Waals surface area contributed by atoms with Gasteiger partial charge in [0.15, 0.2) is 0 Å². The third-order valence-corrected chi connectivity index (χ3v) is 8.33. The van der Waals surface area contributed by atoms with Gasteiger partial charge in [-0.3, -0.25) is 9.59 Å². The molecule has 45 heavy (non-hydrogen) atoms. The number of anilines is 1. The zero-order valence-electron chi connectivity index (χ0n) is 28.1. The van der Waals surface area contributed by atoms with Crippen LogP contribution in [0.3, 0.4) is 0 Å². The van der Waals surface area contributed by atoms with Crippen molar-refractivity contribution >= 4 is 46.1 Å². The second-order valence-electron chi connectivity index (χ2n) is 12.7. The lowest BCUT2D eigenvalue weighted by Crippen LogP contribution is -2.53. The smallest absolute Gasteiger partial charge is 0.408 e. The van der Waals surface area contributed by atoms with E-state index in [-0.39, 0.29) is 11.8 Å². The Kier molecular flexibility index (Phi) is 13.8. The molecule has 0 saturated heterocycles. The SMILES string of the molecule is CCCCCCCN(C(=O)C(CCSC)NC(=O)OC(C)(C)C)C(C(=O)Nc1ccc2ccccc2c1)c1ccc(C)cc1C. The highest BCUT2D eigenvalue weighted by Gasteiger charge is 2.36. The van der Waals surface area contributed by atoms with Crippen molar-refractivity contribution in [1.82, 2.24) is 10.2 Å². The van der Waals surface area contributed by atoms with Crippen molar-refractivity contribution in [3.8, 4) is 0 Å². The van der Waals surface area contributed by atoms with E-state index in [1.54, 1.807) is 37.4 Å². The van der Waals surface area contributed by atoms with E-state index >= 15 is 0 Å². The van der Waals surface area contributed by atoms with E-state index in [0.717, 1.165) is 59.6 Å². The van der Waals surface area contributed by atoms with Gasteiger partial charge in [-0.2, -0.15) is 11.8 Å². The van der Waals surface area contributed by atoms with Gasteiger partial charge in [0.1, 0.15) is 17.7 Å². The predicted molar refractivity (Wildman–Crippen MR) is 188 cm³/mol.